The summed E-state index contributed by atoms with van der Waals surface area (Å²) in [6.45, 7) is 3.18. The molecule has 0 bridgehead atoms. The maximum absolute atomic E-state index is 4.41. The third kappa shape index (κ3) is 3.67. The highest BCUT2D eigenvalue weighted by Gasteiger charge is 2.13. The summed E-state index contributed by atoms with van der Waals surface area (Å²) in [6, 6.07) is 13.1. The van der Waals surface area contributed by atoms with Gasteiger partial charge in [-0.1, -0.05) is 37.3 Å². The van der Waals surface area contributed by atoms with Crippen molar-refractivity contribution in [3.8, 4) is 0 Å². The van der Waals surface area contributed by atoms with E-state index in [-0.39, 0.29) is 0 Å². The largest absolute Gasteiger partial charge is 0.312 e. The summed E-state index contributed by atoms with van der Waals surface area (Å²) in [5.41, 5.74) is 2.68. The molecule has 0 aliphatic rings. The minimum atomic E-state index is 0.370. The van der Waals surface area contributed by atoms with E-state index >= 15 is 0 Å². The van der Waals surface area contributed by atoms with E-state index in [4.69, 9.17) is 0 Å². The Morgan fingerprint density at radius 1 is 1.21 bits per heavy atom. The summed E-state index contributed by atoms with van der Waals surface area (Å²) in [5, 5.41) is 7.82. The zero-order chi connectivity index (χ0) is 13.5. The van der Waals surface area contributed by atoms with Crippen LogP contribution in [0.15, 0.2) is 42.6 Å². The van der Waals surface area contributed by atoms with Gasteiger partial charge < -0.3 is 5.32 Å². The second-order valence-electron chi connectivity index (χ2n) is 4.84. The SMILES string of the molecule is CCCn1nccc1C(CCc1ccccc1)NC. The first-order valence-electron chi connectivity index (χ1n) is 7.08. The summed E-state index contributed by atoms with van der Waals surface area (Å²) in [7, 11) is 2.03. The first-order valence-corrected chi connectivity index (χ1v) is 7.08. The molecule has 0 aliphatic heterocycles. The van der Waals surface area contributed by atoms with Gasteiger partial charge in [0.15, 0.2) is 0 Å². The van der Waals surface area contributed by atoms with Crippen molar-refractivity contribution in [3.63, 3.8) is 0 Å². The van der Waals surface area contributed by atoms with Crippen molar-refractivity contribution in [1.82, 2.24) is 15.1 Å². The molecule has 2 rings (SSSR count). The molecular weight excluding hydrogens is 234 g/mol. The molecule has 1 aromatic heterocycles. The van der Waals surface area contributed by atoms with E-state index < -0.39 is 0 Å². The molecule has 0 aliphatic carbocycles. The second kappa shape index (κ2) is 7.10. The van der Waals surface area contributed by atoms with Crippen LogP contribution in [0, 0.1) is 0 Å². The second-order valence-corrected chi connectivity index (χ2v) is 4.84. The number of nitrogens with one attached hydrogen (secondary N) is 1. The Labute approximate surface area is 115 Å². The van der Waals surface area contributed by atoms with E-state index in [1.54, 1.807) is 0 Å². The number of hydrogen-bond donors (Lipinski definition) is 1. The molecule has 1 heterocycles. The molecule has 3 heteroatoms. The predicted octanol–water partition coefficient (Wildman–Crippen LogP) is 3.19. The zero-order valence-electron chi connectivity index (χ0n) is 11.8. The van der Waals surface area contributed by atoms with Crippen LogP contribution in [-0.4, -0.2) is 16.8 Å². The zero-order valence-corrected chi connectivity index (χ0v) is 11.8. The lowest BCUT2D eigenvalue weighted by Gasteiger charge is -2.18. The lowest BCUT2D eigenvalue weighted by molar-refractivity contribution is 0.476. The van der Waals surface area contributed by atoms with Crippen molar-refractivity contribution >= 4 is 0 Å². The molecule has 0 radical (unpaired) electrons. The number of benzene rings is 1. The molecule has 1 aromatic carbocycles. The first-order chi connectivity index (χ1) is 9.35. The summed E-state index contributed by atoms with van der Waals surface area (Å²) in [6.07, 6.45) is 5.20. The molecule has 1 unspecified atom stereocenters. The Balaban J connectivity index is 2.01. The molecule has 0 spiro atoms. The predicted molar refractivity (Wildman–Crippen MR) is 79.1 cm³/mol. The van der Waals surface area contributed by atoms with Gasteiger partial charge >= 0.3 is 0 Å². The maximum atomic E-state index is 4.41. The van der Waals surface area contributed by atoms with Gasteiger partial charge in [0, 0.05) is 18.8 Å². The van der Waals surface area contributed by atoms with Crippen molar-refractivity contribution in [1.29, 1.82) is 0 Å². The fourth-order valence-corrected chi connectivity index (χ4v) is 2.43. The van der Waals surface area contributed by atoms with Crippen LogP contribution in [0.4, 0.5) is 0 Å². The van der Waals surface area contributed by atoms with E-state index in [9.17, 15) is 0 Å². The fourth-order valence-electron chi connectivity index (χ4n) is 2.43. The molecule has 2 aromatic rings. The van der Waals surface area contributed by atoms with Crippen LogP contribution in [0.3, 0.4) is 0 Å². The minimum Gasteiger partial charge on any atom is -0.312 e. The average molecular weight is 257 g/mol. The van der Waals surface area contributed by atoms with Gasteiger partial charge in [-0.15, -0.1) is 0 Å². The topological polar surface area (TPSA) is 29.9 Å². The van der Waals surface area contributed by atoms with Crippen LogP contribution in [0.2, 0.25) is 0 Å². The lowest BCUT2D eigenvalue weighted by atomic mass is 10.0. The van der Waals surface area contributed by atoms with E-state index in [0.29, 0.717) is 6.04 Å². The maximum Gasteiger partial charge on any atom is 0.0553 e. The molecule has 0 saturated carbocycles. The van der Waals surface area contributed by atoms with Crippen molar-refractivity contribution in [2.24, 2.45) is 0 Å². The van der Waals surface area contributed by atoms with Gasteiger partial charge in [-0.2, -0.15) is 5.10 Å². The molecule has 0 saturated heterocycles. The van der Waals surface area contributed by atoms with Crippen molar-refractivity contribution in [2.45, 2.75) is 38.8 Å². The molecule has 3 nitrogen and oxygen atoms in total. The number of aromatic nitrogens is 2. The van der Waals surface area contributed by atoms with Gasteiger partial charge in [0.1, 0.15) is 0 Å². The minimum absolute atomic E-state index is 0.370. The van der Waals surface area contributed by atoms with E-state index in [2.05, 4.69) is 58.4 Å². The number of nitrogens with zero attached hydrogens (tertiary/aromatic N) is 2. The smallest absolute Gasteiger partial charge is 0.0553 e. The van der Waals surface area contributed by atoms with Gasteiger partial charge in [0.2, 0.25) is 0 Å². The summed E-state index contributed by atoms with van der Waals surface area (Å²) >= 11 is 0. The quantitative estimate of drug-likeness (QED) is 0.825. The van der Waals surface area contributed by atoms with Crippen molar-refractivity contribution in [3.05, 3.63) is 53.9 Å². The Hall–Kier alpha value is -1.61. The third-order valence-corrected chi connectivity index (χ3v) is 3.45. The van der Waals surface area contributed by atoms with E-state index in [1.165, 1.54) is 11.3 Å². The van der Waals surface area contributed by atoms with Gasteiger partial charge in [-0.25, -0.2) is 0 Å². The van der Waals surface area contributed by atoms with Crippen LogP contribution in [0.1, 0.15) is 37.1 Å². The third-order valence-electron chi connectivity index (χ3n) is 3.45. The summed E-state index contributed by atoms with van der Waals surface area (Å²) in [5.74, 6) is 0. The highest BCUT2D eigenvalue weighted by Crippen LogP contribution is 2.19. The normalized spacial score (nSPS) is 12.5. The number of rotatable bonds is 7. The first kappa shape index (κ1) is 13.8. The number of hydrogen-bond acceptors (Lipinski definition) is 2. The van der Waals surface area contributed by atoms with Crippen LogP contribution < -0.4 is 5.32 Å². The molecule has 1 N–H and O–H groups in total. The standard InChI is InChI=1S/C16H23N3/c1-3-13-19-16(11-12-18-19)15(17-2)10-9-14-7-5-4-6-8-14/h4-8,11-12,15,17H,3,9-10,13H2,1-2H3. The van der Waals surface area contributed by atoms with Crippen LogP contribution in [0.25, 0.3) is 0 Å². The Morgan fingerprint density at radius 3 is 2.68 bits per heavy atom. The summed E-state index contributed by atoms with van der Waals surface area (Å²) in [4.78, 5) is 0. The molecule has 19 heavy (non-hydrogen) atoms. The lowest BCUT2D eigenvalue weighted by Crippen LogP contribution is -2.21. The van der Waals surface area contributed by atoms with Gasteiger partial charge in [-0.3, -0.25) is 4.68 Å². The molecular formula is C16H23N3. The van der Waals surface area contributed by atoms with Gasteiger partial charge in [0.05, 0.1) is 5.69 Å². The van der Waals surface area contributed by atoms with Gasteiger partial charge in [0.25, 0.3) is 0 Å². The highest BCUT2D eigenvalue weighted by molar-refractivity contribution is 5.16. The van der Waals surface area contributed by atoms with Crippen molar-refractivity contribution < 1.29 is 0 Å². The number of aryl methyl sites for hydroxylation is 2. The van der Waals surface area contributed by atoms with Crippen LogP contribution >= 0.6 is 0 Å². The van der Waals surface area contributed by atoms with Gasteiger partial charge in [-0.05, 0) is 37.9 Å². The molecule has 0 amide bonds. The summed E-state index contributed by atoms with van der Waals surface area (Å²) < 4.78 is 2.12. The van der Waals surface area contributed by atoms with Crippen LogP contribution in [0.5, 0.6) is 0 Å². The van der Waals surface area contributed by atoms with Crippen LogP contribution in [-0.2, 0) is 13.0 Å². The Bertz CT molecular complexity index is 476. The monoisotopic (exact) mass is 257 g/mol. The molecule has 102 valence electrons. The Morgan fingerprint density at radius 2 is 2.00 bits per heavy atom. The van der Waals surface area contributed by atoms with E-state index in [1.807, 2.05) is 13.2 Å². The highest BCUT2D eigenvalue weighted by atomic mass is 15.3. The molecule has 0 fully saturated rings. The fraction of sp³-hybridized carbons (Fsp3) is 0.438. The average Bonchev–Trinajstić information content (AvgIpc) is 2.90. The van der Waals surface area contributed by atoms with Crippen molar-refractivity contribution in [2.75, 3.05) is 7.05 Å². The van der Waals surface area contributed by atoms with E-state index in [0.717, 1.165) is 25.8 Å². The molecule has 1 atom stereocenters. The Kier molecular flexibility index (Phi) is 5.16.